The molecule has 0 aliphatic carbocycles. The van der Waals surface area contributed by atoms with Crippen molar-refractivity contribution in [3.8, 4) is 0 Å². The number of aryl methyl sites for hydroxylation is 1. The average Bonchev–Trinajstić information content (AvgIpc) is 2.48. The molecule has 0 amide bonds. The molecule has 21 heavy (non-hydrogen) atoms. The van der Waals surface area contributed by atoms with Gasteiger partial charge in [-0.3, -0.25) is 9.80 Å². The van der Waals surface area contributed by atoms with Crippen molar-refractivity contribution in [2.45, 2.75) is 58.2 Å². The summed E-state index contributed by atoms with van der Waals surface area (Å²) in [4.78, 5) is 5.23. The van der Waals surface area contributed by atoms with E-state index in [1.807, 2.05) is 13.0 Å². The van der Waals surface area contributed by atoms with E-state index in [1.165, 1.54) is 25.8 Å². The van der Waals surface area contributed by atoms with Gasteiger partial charge in [0.25, 0.3) is 0 Å². The van der Waals surface area contributed by atoms with Crippen molar-refractivity contribution >= 4 is 0 Å². The highest BCUT2D eigenvalue weighted by Crippen LogP contribution is 2.31. The molecule has 1 aromatic carbocycles. The Morgan fingerprint density at radius 1 is 1.24 bits per heavy atom. The molecule has 0 radical (unpaired) electrons. The van der Waals surface area contributed by atoms with Gasteiger partial charge in [-0.15, -0.1) is 0 Å². The fraction of sp³-hybridized carbons (Fsp3) is 0.667. The summed E-state index contributed by atoms with van der Waals surface area (Å²) >= 11 is 0. The maximum Gasteiger partial charge on any atom is 0.126 e. The first-order valence-electron chi connectivity index (χ1n) is 8.32. The van der Waals surface area contributed by atoms with E-state index in [2.05, 4.69) is 29.7 Å². The number of nitrogens with zero attached hydrogens (tertiary/aromatic N) is 2. The zero-order valence-electron chi connectivity index (χ0n) is 13.5. The van der Waals surface area contributed by atoms with E-state index in [9.17, 15) is 4.39 Å². The van der Waals surface area contributed by atoms with Gasteiger partial charge in [-0.1, -0.05) is 18.6 Å². The Bertz CT molecular complexity index is 502. The van der Waals surface area contributed by atoms with Gasteiger partial charge in [-0.2, -0.15) is 0 Å². The molecule has 2 fully saturated rings. The minimum Gasteiger partial charge on any atom is -0.298 e. The number of benzene rings is 1. The minimum absolute atomic E-state index is 0.0803. The smallest absolute Gasteiger partial charge is 0.126 e. The lowest BCUT2D eigenvalue weighted by Gasteiger charge is -2.49. The number of halogens is 1. The molecule has 0 saturated carbocycles. The predicted molar refractivity (Wildman–Crippen MR) is 84.9 cm³/mol. The molecule has 0 spiro atoms. The van der Waals surface area contributed by atoms with Crippen LogP contribution in [0.2, 0.25) is 0 Å². The quantitative estimate of drug-likeness (QED) is 0.818. The number of hydrogen-bond donors (Lipinski definition) is 0. The number of hydrogen-bond acceptors (Lipinski definition) is 2. The lowest BCUT2D eigenvalue weighted by atomic mass is 9.94. The zero-order chi connectivity index (χ0) is 15.0. The van der Waals surface area contributed by atoms with Gasteiger partial charge in [0.1, 0.15) is 5.82 Å². The Kier molecular flexibility index (Phi) is 4.32. The first-order valence-corrected chi connectivity index (χ1v) is 8.32. The van der Waals surface area contributed by atoms with Crippen LogP contribution in [0.15, 0.2) is 18.2 Å². The predicted octanol–water partition coefficient (Wildman–Crippen LogP) is 3.75. The van der Waals surface area contributed by atoms with E-state index >= 15 is 0 Å². The van der Waals surface area contributed by atoms with Crippen LogP contribution >= 0.6 is 0 Å². The van der Waals surface area contributed by atoms with Crippen LogP contribution in [0.1, 0.15) is 50.3 Å². The molecule has 3 rings (SSSR count). The van der Waals surface area contributed by atoms with Crippen molar-refractivity contribution in [3.63, 3.8) is 0 Å². The lowest BCUT2D eigenvalue weighted by molar-refractivity contribution is -0.00464. The monoisotopic (exact) mass is 290 g/mol. The van der Waals surface area contributed by atoms with Crippen LogP contribution in [0.25, 0.3) is 0 Å². The van der Waals surface area contributed by atoms with Crippen molar-refractivity contribution in [1.29, 1.82) is 0 Å². The second kappa shape index (κ2) is 6.05. The molecule has 2 saturated heterocycles. The molecular weight excluding hydrogens is 263 g/mol. The molecule has 2 heterocycles. The second-order valence-electron chi connectivity index (χ2n) is 6.87. The summed E-state index contributed by atoms with van der Waals surface area (Å²) in [6, 6.07) is 7.25. The molecule has 0 aromatic heterocycles. The Labute approximate surface area is 127 Å². The molecule has 2 nitrogen and oxygen atoms in total. The standard InChI is InChI=1S/C18H27FN2/c1-13-7-8-16(10-18(13)19)15(3)21-12-17-6-4-5-9-20(17)11-14(21)2/h7-8,10,14-15,17H,4-6,9,11-12H2,1-3H3. The molecule has 2 aliphatic rings. The molecule has 3 unspecified atom stereocenters. The van der Waals surface area contributed by atoms with Crippen molar-refractivity contribution in [3.05, 3.63) is 35.1 Å². The van der Waals surface area contributed by atoms with Crippen LogP contribution in [0.4, 0.5) is 4.39 Å². The zero-order valence-corrected chi connectivity index (χ0v) is 13.5. The molecule has 116 valence electrons. The minimum atomic E-state index is -0.0803. The van der Waals surface area contributed by atoms with Crippen molar-refractivity contribution in [2.24, 2.45) is 0 Å². The van der Waals surface area contributed by atoms with Crippen LogP contribution in [-0.4, -0.2) is 41.5 Å². The molecule has 3 atom stereocenters. The molecule has 2 aliphatic heterocycles. The average molecular weight is 290 g/mol. The number of fused-ring (bicyclic) bond motifs is 1. The highest BCUT2D eigenvalue weighted by Gasteiger charge is 2.35. The van der Waals surface area contributed by atoms with Gasteiger partial charge in [0.2, 0.25) is 0 Å². The van der Waals surface area contributed by atoms with Crippen LogP contribution in [0, 0.1) is 12.7 Å². The van der Waals surface area contributed by atoms with Crippen molar-refractivity contribution in [1.82, 2.24) is 9.80 Å². The summed E-state index contributed by atoms with van der Waals surface area (Å²) in [5.41, 5.74) is 1.84. The third-order valence-corrected chi connectivity index (χ3v) is 5.41. The summed E-state index contributed by atoms with van der Waals surface area (Å²) < 4.78 is 13.8. The fourth-order valence-electron chi connectivity index (χ4n) is 3.97. The van der Waals surface area contributed by atoms with E-state index < -0.39 is 0 Å². The lowest BCUT2D eigenvalue weighted by Crippen LogP contribution is -2.58. The van der Waals surface area contributed by atoms with Gasteiger partial charge >= 0.3 is 0 Å². The molecule has 0 N–H and O–H groups in total. The summed E-state index contributed by atoms with van der Waals surface area (Å²) in [5.74, 6) is -0.0803. The van der Waals surface area contributed by atoms with E-state index in [-0.39, 0.29) is 5.82 Å². The third kappa shape index (κ3) is 3.00. The van der Waals surface area contributed by atoms with Crippen LogP contribution in [0.5, 0.6) is 0 Å². The van der Waals surface area contributed by atoms with Gasteiger partial charge < -0.3 is 0 Å². The van der Waals surface area contributed by atoms with Gasteiger partial charge in [0.05, 0.1) is 0 Å². The topological polar surface area (TPSA) is 6.48 Å². The highest BCUT2D eigenvalue weighted by molar-refractivity contribution is 5.25. The Morgan fingerprint density at radius 2 is 2.05 bits per heavy atom. The number of piperazine rings is 1. The van der Waals surface area contributed by atoms with Crippen LogP contribution in [-0.2, 0) is 0 Å². The van der Waals surface area contributed by atoms with Gasteiger partial charge in [0.15, 0.2) is 0 Å². The summed E-state index contributed by atoms with van der Waals surface area (Å²) in [7, 11) is 0. The molecule has 3 heteroatoms. The second-order valence-corrected chi connectivity index (χ2v) is 6.87. The largest absolute Gasteiger partial charge is 0.298 e. The van der Waals surface area contributed by atoms with Crippen LogP contribution in [0.3, 0.4) is 0 Å². The first kappa shape index (κ1) is 15.0. The van der Waals surface area contributed by atoms with E-state index in [0.717, 1.165) is 24.2 Å². The first-order chi connectivity index (χ1) is 10.1. The molecular formula is C18H27FN2. The van der Waals surface area contributed by atoms with Crippen molar-refractivity contribution < 1.29 is 4.39 Å². The van der Waals surface area contributed by atoms with Crippen molar-refractivity contribution in [2.75, 3.05) is 19.6 Å². The highest BCUT2D eigenvalue weighted by atomic mass is 19.1. The van der Waals surface area contributed by atoms with E-state index in [4.69, 9.17) is 0 Å². The summed E-state index contributed by atoms with van der Waals surface area (Å²) in [6.45, 7) is 9.90. The Hall–Kier alpha value is -0.930. The summed E-state index contributed by atoms with van der Waals surface area (Å²) in [6.07, 6.45) is 4.02. The Balaban J connectivity index is 1.76. The van der Waals surface area contributed by atoms with E-state index in [1.54, 1.807) is 6.07 Å². The maximum absolute atomic E-state index is 13.8. The number of piperidine rings is 1. The normalized spacial score (nSPS) is 29.1. The SMILES string of the molecule is Cc1ccc(C(C)N2CC3CCCCN3CC2C)cc1F. The molecule has 1 aromatic rings. The van der Waals surface area contributed by atoms with Crippen LogP contribution < -0.4 is 0 Å². The third-order valence-electron chi connectivity index (χ3n) is 5.41. The van der Waals surface area contributed by atoms with Gasteiger partial charge in [-0.25, -0.2) is 4.39 Å². The number of rotatable bonds is 2. The Morgan fingerprint density at radius 3 is 2.81 bits per heavy atom. The summed E-state index contributed by atoms with van der Waals surface area (Å²) in [5, 5.41) is 0. The fourth-order valence-corrected chi connectivity index (χ4v) is 3.97. The maximum atomic E-state index is 13.8. The molecule has 0 bridgehead atoms. The van der Waals surface area contributed by atoms with Gasteiger partial charge in [-0.05, 0) is 57.4 Å². The van der Waals surface area contributed by atoms with E-state index in [0.29, 0.717) is 18.1 Å². The van der Waals surface area contributed by atoms with Gasteiger partial charge in [0, 0.05) is 31.2 Å².